The van der Waals surface area contributed by atoms with Gasteiger partial charge in [-0.3, -0.25) is 0 Å². The van der Waals surface area contributed by atoms with Crippen LogP contribution in [0.25, 0.3) is 0 Å². The van der Waals surface area contributed by atoms with Gasteiger partial charge in [-0.05, 0) is 0 Å². The van der Waals surface area contributed by atoms with E-state index in [0.717, 1.165) is 0 Å². The monoisotopic (exact) mass is 321 g/mol. The lowest BCUT2D eigenvalue weighted by Gasteiger charge is -2.36. The van der Waals surface area contributed by atoms with Crippen LogP contribution in [0.1, 0.15) is 0 Å². The molecule has 0 atom stereocenters. The summed E-state index contributed by atoms with van der Waals surface area (Å²) in [5, 5.41) is -6.79. The van der Waals surface area contributed by atoms with Crippen LogP contribution < -0.4 is 0 Å². The van der Waals surface area contributed by atoms with Crippen LogP contribution in [0, 0.1) is 0 Å². The first-order valence-corrected chi connectivity index (χ1v) is 7.15. The third kappa shape index (κ3) is 2.25. The second-order valence-corrected chi connectivity index (χ2v) is 7.04. The van der Waals surface area contributed by atoms with E-state index in [0.29, 0.717) is 0 Å². The summed E-state index contributed by atoms with van der Waals surface area (Å²) in [6.45, 7) is 0. The smallest absolute Gasteiger partial charge is 0.394 e. The maximum atomic E-state index is 12.9. The van der Waals surface area contributed by atoms with Crippen molar-refractivity contribution < 1.29 is 52.1 Å². The van der Waals surface area contributed by atoms with E-state index in [1.165, 1.54) is 0 Å². The van der Waals surface area contributed by atoms with E-state index in [2.05, 4.69) is 0 Å². The Morgan fingerprint density at radius 3 is 0.941 bits per heavy atom. The van der Waals surface area contributed by atoms with Crippen molar-refractivity contribution in [2.45, 2.75) is 9.59 Å². The molecule has 0 spiro atoms. The quantitative estimate of drug-likeness (QED) is 0.522. The van der Waals surface area contributed by atoms with Gasteiger partial charge in [0.1, 0.15) is 0 Å². The Labute approximate surface area is 92.5 Å². The highest BCUT2D eigenvalue weighted by Gasteiger charge is 2.70. The molecule has 9 nitrogen and oxygen atoms in total. The first-order chi connectivity index (χ1) is 7.00. The fraction of sp³-hybridized carbons (Fsp3) is 1.00. The van der Waals surface area contributed by atoms with Gasteiger partial charge in [-0.2, -0.15) is 8.78 Å². The summed E-state index contributed by atoms with van der Waals surface area (Å²) in [4.78, 5) is 0. The molecule has 0 N–H and O–H groups in total. The first-order valence-electron chi connectivity index (χ1n) is 2.93. The fourth-order valence-electron chi connectivity index (χ4n) is 0.565. The van der Waals surface area contributed by atoms with Gasteiger partial charge in [-0.1, -0.05) is 0 Å². The summed E-state index contributed by atoms with van der Waals surface area (Å²) in [7, 11) is -21.9. The number of hydrogen-bond acceptors (Lipinski definition) is 9. The van der Waals surface area contributed by atoms with Crippen molar-refractivity contribution in [3.8, 4) is 0 Å². The molecule has 0 saturated carbocycles. The van der Waals surface area contributed by atoms with Crippen molar-refractivity contribution in [2.75, 3.05) is 0 Å². The molecule has 0 aromatic carbocycles. The van der Waals surface area contributed by atoms with Gasteiger partial charge in [0.05, 0.1) is 0 Å². The predicted molar refractivity (Wildman–Crippen MR) is 37.9 cm³/mol. The van der Waals surface area contributed by atoms with Gasteiger partial charge in [0, 0.05) is 0 Å². The van der Waals surface area contributed by atoms with Crippen LogP contribution in [0.5, 0.6) is 0 Å². The second-order valence-electron chi connectivity index (χ2n) is 2.42. The Bertz CT molecular complexity index is 578. The molecule has 0 bridgehead atoms. The van der Waals surface area contributed by atoms with E-state index in [1.807, 2.05) is 0 Å². The molecule has 0 heterocycles. The summed E-state index contributed by atoms with van der Waals surface area (Å²) in [5.41, 5.74) is 0. The second kappa shape index (κ2) is 3.75. The lowest BCUT2D eigenvalue weighted by atomic mass is 10.8. The van der Waals surface area contributed by atoms with Gasteiger partial charge in [-0.25, -0.2) is 29.6 Å². The van der Waals surface area contributed by atoms with Crippen LogP contribution in [0.2, 0.25) is 0 Å². The molecule has 17 heavy (non-hydrogen) atoms. The summed E-state index contributed by atoms with van der Waals surface area (Å²) < 4.78 is 121. The van der Waals surface area contributed by atoms with Crippen LogP contribution in [0.4, 0.5) is 13.2 Å². The van der Waals surface area contributed by atoms with Crippen LogP contribution >= 0.6 is 0 Å². The Morgan fingerprint density at radius 2 is 0.882 bits per heavy atom. The SMILES string of the molecule is O=S(=O)([O-])C(F)(F)C(F)(S(=O)(=O)[O-])S(=O)(=O)[O-]. The summed E-state index contributed by atoms with van der Waals surface area (Å²) in [6, 6.07) is 0. The highest BCUT2D eigenvalue weighted by atomic mass is 32.3. The van der Waals surface area contributed by atoms with Crippen LogP contribution in [0.15, 0.2) is 0 Å². The Balaban J connectivity index is 6.68. The molecule has 0 fully saturated rings. The minimum absolute atomic E-state index is 6.65. The number of alkyl halides is 3. The Morgan fingerprint density at radius 1 is 0.647 bits per heavy atom. The van der Waals surface area contributed by atoms with Crippen molar-refractivity contribution in [2.24, 2.45) is 0 Å². The molecule has 0 aliphatic heterocycles. The molecule has 0 saturated heterocycles. The average molecular weight is 321 g/mol. The standard InChI is InChI=1S/C2H3F3O9S3/c3-1(4,15(6,7)8)2(5,16(9,10)11)17(12,13)14/h(H,6,7,8)(H,9,10,11)(H,12,13,14)/p-3. The fourth-order valence-corrected chi connectivity index (χ4v) is 3.67. The molecule has 0 aromatic heterocycles. The highest BCUT2D eigenvalue weighted by Crippen LogP contribution is 2.43. The maximum Gasteiger partial charge on any atom is 0.394 e. The molecule has 0 radical (unpaired) electrons. The Kier molecular flexibility index (Phi) is 3.65. The van der Waals surface area contributed by atoms with E-state index in [9.17, 15) is 52.1 Å². The van der Waals surface area contributed by atoms with Crippen molar-refractivity contribution >= 4 is 30.4 Å². The normalized spacial score (nSPS) is 15.9. The molecule has 0 amide bonds. The summed E-state index contributed by atoms with van der Waals surface area (Å²) >= 11 is 0. The molecular formula is C2F3O9S3-3. The van der Waals surface area contributed by atoms with E-state index in [4.69, 9.17) is 0 Å². The van der Waals surface area contributed by atoms with E-state index >= 15 is 0 Å². The lowest BCUT2D eigenvalue weighted by Crippen LogP contribution is -2.59. The number of rotatable bonds is 4. The van der Waals surface area contributed by atoms with Gasteiger partial charge in [0.25, 0.3) is 0 Å². The van der Waals surface area contributed by atoms with E-state index in [-0.39, 0.29) is 0 Å². The molecule has 0 aliphatic rings. The van der Waals surface area contributed by atoms with Crippen molar-refractivity contribution in [3.63, 3.8) is 0 Å². The zero-order chi connectivity index (χ0) is 14.5. The summed E-state index contributed by atoms with van der Waals surface area (Å²) in [5.74, 6) is 0. The maximum absolute atomic E-state index is 12.9. The first kappa shape index (κ1) is 16.5. The number of hydrogen-bond donors (Lipinski definition) is 0. The van der Waals surface area contributed by atoms with E-state index < -0.39 is 39.9 Å². The van der Waals surface area contributed by atoms with Crippen molar-refractivity contribution in [3.05, 3.63) is 0 Å². The van der Waals surface area contributed by atoms with Gasteiger partial charge in [0.2, 0.25) is 0 Å². The number of halogens is 3. The predicted octanol–water partition coefficient (Wildman–Crippen LogP) is -2.16. The van der Waals surface area contributed by atoms with Crippen molar-refractivity contribution in [1.82, 2.24) is 0 Å². The van der Waals surface area contributed by atoms with E-state index in [1.54, 1.807) is 0 Å². The van der Waals surface area contributed by atoms with Gasteiger partial charge in [-0.15, -0.1) is 0 Å². The van der Waals surface area contributed by atoms with Crippen LogP contribution in [-0.4, -0.2) is 48.5 Å². The van der Waals surface area contributed by atoms with Gasteiger partial charge in [0.15, 0.2) is 30.4 Å². The minimum atomic E-state index is -7.31. The molecule has 104 valence electrons. The molecule has 0 aliphatic carbocycles. The topological polar surface area (TPSA) is 172 Å². The lowest BCUT2D eigenvalue weighted by molar-refractivity contribution is 0.00335. The van der Waals surface area contributed by atoms with Gasteiger partial charge >= 0.3 is 9.59 Å². The highest BCUT2D eigenvalue weighted by molar-refractivity contribution is 8.06. The average Bonchev–Trinajstić information content (AvgIpc) is 1.95. The van der Waals surface area contributed by atoms with Crippen LogP contribution in [0.3, 0.4) is 0 Å². The molecule has 0 unspecified atom stereocenters. The largest absolute Gasteiger partial charge is 0.744 e. The van der Waals surface area contributed by atoms with Crippen molar-refractivity contribution in [1.29, 1.82) is 0 Å². The van der Waals surface area contributed by atoms with Gasteiger partial charge < -0.3 is 13.7 Å². The molecule has 0 rings (SSSR count). The summed E-state index contributed by atoms with van der Waals surface area (Å²) in [6.07, 6.45) is 0. The molecular weight excluding hydrogens is 321 g/mol. The molecule has 15 heteroatoms. The third-order valence-corrected chi connectivity index (χ3v) is 5.50. The van der Waals surface area contributed by atoms with Crippen LogP contribution in [-0.2, 0) is 30.4 Å². The minimum Gasteiger partial charge on any atom is -0.744 e. The molecule has 0 aromatic rings. The zero-order valence-electron chi connectivity index (χ0n) is 7.03. The third-order valence-electron chi connectivity index (χ3n) is 1.30. The zero-order valence-corrected chi connectivity index (χ0v) is 9.48. The Hall–Kier alpha value is -0.480.